The molecule has 0 unspecified atom stereocenters. The molecule has 0 fully saturated rings. The minimum absolute atomic E-state index is 0. The Morgan fingerprint density at radius 3 is 2.29 bits per heavy atom. The standard InChI is InChI=1S/C12H17BrF2N2O2S.ClH/c1-12(2,6-16)7-17(3)20(18,19)11-4-8(13)9(14)5-10(11)15;/h4-5H,6-7,16H2,1-3H3;1H. The Morgan fingerprint density at radius 2 is 1.81 bits per heavy atom. The van der Waals surface area contributed by atoms with Gasteiger partial charge in [0.25, 0.3) is 0 Å². The van der Waals surface area contributed by atoms with Gasteiger partial charge in [-0.1, -0.05) is 13.8 Å². The first-order valence-electron chi connectivity index (χ1n) is 5.82. The van der Waals surface area contributed by atoms with Gasteiger partial charge in [0.05, 0.1) is 4.47 Å². The summed E-state index contributed by atoms with van der Waals surface area (Å²) in [5.41, 5.74) is 5.11. The third kappa shape index (κ3) is 4.85. The Hall–Kier alpha value is -0.280. The molecule has 1 rings (SSSR count). The summed E-state index contributed by atoms with van der Waals surface area (Å²) in [6, 6.07) is 1.46. The summed E-state index contributed by atoms with van der Waals surface area (Å²) in [5.74, 6) is -1.98. The Balaban J connectivity index is 0.00000400. The van der Waals surface area contributed by atoms with Gasteiger partial charge < -0.3 is 5.73 Å². The van der Waals surface area contributed by atoms with E-state index in [0.717, 1.165) is 10.4 Å². The van der Waals surface area contributed by atoms with Gasteiger partial charge >= 0.3 is 0 Å². The van der Waals surface area contributed by atoms with Crippen LogP contribution in [0, 0.1) is 17.0 Å². The molecule has 9 heteroatoms. The van der Waals surface area contributed by atoms with Crippen LogP contribution >= 0.6 is 28.3 Å². The molecule has 4 nitrogen and oxygen atoms in total. The summed E-state index contributed by atoms with van der Waals surface area (Å²) >= 11 is 2.85. The van der Waals surface area contributed by atoms with E-state index in [1.807, 2.05) is 0 Å². The highest BCUT2D eigenvalue weighted by Gasteiger charge is 2.30. The highest BCUT2D eigenvalue weighted by atomic mass is 79.9. The number of sulfonamides is 1. The topological polar surface area (TPSA) is 63.4 Å². The van der Waals surface area contributed by atoms with E-state index in [4.69, 9.17) is 5.73 Å². The van der Waals surface area contributed by atoms with Crippen molar-refractivity contribution in [3.8, 4) is 0 Å². The monoisotopic (exact) mass is 406 g/mol. The van der Waals surface area contributed by atoms with Gasteiger partial charge in [-0.2, -0.15) is 0 Å². The maximum absolute atomic E-state index is 13.7. The lowest BCUT2D eigenvalue weighted by Gasteiger charge is -2.28. The first kappa shape index (κ1) is 20.7. The second-order valence-corrected chi connectivity index (χ2v) is 8.19. The Labute approximate surface area is 138 Å². The molecule has 0 bridgehead atoms. The lowest BCUT2D eigenvalue weighted by Crippen LogP contribution is -2.40. The molecule has 122 valence electrons. The lowest BCUT2D eigenvalue weighted by atomic mass is 9.94. The zero-order chi connectivity index (χ0) is 15.7. The molecule has 1 aromatic carbocycles. The Bertz CT molecular complexity index is 612. The molecule has 0 saturated heterocycles. The Kier molecular flexibility index (Phi) is 7.23. The maximum Gasteiger partial charge on any atom is 0.245 e. The molecule has 21 heavy (non-hydrogen) atoms. The van der Waals surface area contributed by atoms with Crippen LogP contribution in [0.15, 0.2) is 21.5 Å². The summed E-state index contributed by atoms with van der Waals surface area (Å²) in [7, 11) is -2.71. The molecule has 2 N–H and O–H groups in total. The molecule has 0 aliphatic rings. The van der Waals surface area contributed by atoms with E-state index in [9.17, 15) is 17.2 Å². The molecule has 1 aromatic rings. The van der Waals surface area contributed by atoms with Gasteiger partial charge in [0, 0.05) is 19.7 Å². The molecule has 0 aromatic heterocycles. The van der Waals surface area contributed by atoms with Crippen LogP contribution in [0.1, 0.15) is 13.8 Å². The van der Waals surface area contributed by atoms with Gasteiger partial charge in [-0.25, -0.2) is 21.5 Å². The van der Waals surface area contributed by atoms with Crippen LogP contribution in [-0.2, 0) is 10.0 Å². The van der Waals surface area contributed by atoms with E-state index in [-0.39, 0.29) is 30.0 Å². The second kappa shape index (κ2) is 7.32. The average molecular weight is 408 g/mol. The number of nitrogens with zero attached hydrogens (tertiary/aromatic N) is 1. The molecule has 0 aliphatic heterocycles. The number of hydrogen-bond donors (Lipinski definition) is 1. The first-order chi connectivity index (χ1) is 9.01. The van der Waals surface area contributed by atoms with Gasteiger partial charge in [-0.3, -0.25) is 0 Å². The van der Waals surface area contributed by atoms with Gasteiger partial charge in [0.2, 0.25) is 10.0 Å². The van der Waals surface area contributed by atoms with Gasteiger partial charge in [0.15, 0.2) is 0 Å². The van der Waals surface area contributed by atoms with Gasteiger partial charge in [0.1, 0.15) is 16.5 Å². The van der Waals surface area contributed by atoms with Crippen LogP contribution < -0.4 is 5.73 Å². The second-order valence-electron chi connectivity index (χ2n) is 5.33. The molecule has 0 heterocycles. The van der Waals surface area contributed by atoms with Crippen molar-refractivity contribution in [2.45, 2.75) is 18.7 Å². The van der Waals surface area contributed by atoms with Gasteiger partial charge in [-0.05, 0) is 34.0 Å². The highest BCUT2D eigenvalue weighted by molar-refractivity contribution is 9.10. The number of halogens is 4. The summed E-state index contributed by atoms with van der Waals surface area (Å²) in [5, 5.41) is 0. The first-order valence-corrected chi connectivity index (χ1v) is 8.05. The van der Waals surface area contributed by atoms with Crippen molar-refractivity contribution in [2.75, 3.05) is 20.1 Å². The maximum atomic E-state index is 13.7. The van der Waals surface area contributed by atoms with E-state index >= 15 is 0 Å². The highest BCUT2D eigenvalue weighted by Crippen LogP contribution is 2.27. The fourth-order valence-corrected chi connectivity index (χ4v) is 3.54. The molecule has 0 radical (unpaired) electrons. The molecule has 0 amide bonds. The summed E-state index contributed by atoms with van der Waals surface area (Å²) < 4.78 is 52.4. The number of rotatable bonds is 5. The minimum Gasteiger partial charge on any atom is -0.330 e. The third-order valence-electron chi connectivity index (χ3n) is 2.87. The average Bonchev–Trinajstić information content (AvgIpc) is 2.33. The third-order valence-corrected chi connectivity index (χ3v) is 5.29. The van der Waals surface area contributed by atoms with Crippen LogP contribution in [0.5, 0.6) is 0 Å². The van der Waals surface area contributed by atoms with E-state index < -0.39 is 32.0 Å². The Morgan fingerprint density at radius 1 is 1.29 bits per heavy atom. The number of nitrogens with two attached hydrogens (primary N) is 1. The largest absolute Gasteiger partial charge is 0.330 e. The van der Waals surface area contributed by atoms with E-state index in [2.05, 4.69) is 15.9 Å². The van der Waals surface area contributed by atoms with Crippen molar-refractivity contribution in [3.05, 3.63) is 28.2 Å². The molecule has 0 atom stereocenters. The zero-order valence-corrected chi connectivity index (χ0v) is 15.1. The van der Waals surface area contributed by atoms with Gasteiger partial charge in [-0.15, -0.1) is 12.4 Å². The minimum atomic E-state index is -4.05. The summed E-state index contributed by atoms with van der Waals surface area (Å²) in [4.78, 5) is -0.568. The lowest BCUT2D eigenvalue weighted by molar-refractivity contribution is 0.291. The van der Waals surface area contributed by atoms with Crippen molar-refractivity contribution in [1.82, 2.24) is 4.31 Å². The SMILES string of the molecule is CN(CC(C)(C)CN)S(=O)(=O)c1cc(Br)c(F)cc1F.Cl. The smallest absolute Gasteiger partial charge is 0.245 e. The van der Waals surface area contributed by atoms with Crippen LogP contribution in [0.3, 0.4) is 0 Å². The molecular weight excluding hydrogens is 390 g/mol. The fourth-order valence-electron chi connectivity index (χ4n) is 1.62. The zero-order valence-electron chi connectivity index (χ0n) is 11.9. The quantitative estimate of drug-likeness (QED) is 0.763. The number of hydrogen-bond acceptors (Lipinski definition) is 3. The van der Waals surface area contributed by atoms with Crippen LogP contribution in [0.4, 0.5) is 8.78 Å². The van der Waals surface area contributed by atoms with Crippen molar-refractivity contribution >= 4 is 38.4 Å². The fraction of sp³-hybridized carbons (Fsp3) is 0.500. The van der Waals surface area contributed by atoms with Crippen LogP contribution in [0.2, 0.25) is 0 Å². The molecule has 0 spiro atoms. The predicted molar refractivity (Wildman–Crippen MR) is 84.0 cm³/mol. The predicted octanol–water partition coefficient (Wildman–Crippen LogP) is 2.75. The van der Waals surface area contributed by atoms with Crippen molar-refractivity contribution < 1.29 is 17.2 Å². The molecule has 0 aliphatic carbocycles. The van der Waals surface area contributed by atoms with E-state index in [1.165, 1.54) is 7.05 Å². The van der Waals surface area contributed by atoms with E-state index in [1.54, 1.807) is 13.8 Å². The van der Waals surface area contributed by atoms with Crippen molar-refractivity contribution in [3.63, 3.8) is 0 Å². The van der Waals surface area contributed by atoms with Crippen LogP contribution in [0.25, 0.3) is 0 Å². The normalized spacial score (nSPS) is 12.4. The van der Waals surface area contributed by atoms with Crippen molar-refractivity contribution in [1.29, 1.82) is 0 Å². The summed E-state index contributed by atoms with van der Waals surface area (Å²) in [6.45, 7) is 4.01. The number of benzene rings is 1. The summed E-state index contributed by atoms with van der Waals surface area (Å²) in [6.07, 6.45) is 0. The van der Waals surface area contributed by atoms with Crippen LogP contribution in [-0.4, -0.2) is 32.9 Å². The van der Waals surface area contributed by atoms with E-state index in [0.29, 0.717) is 6.07 Å². The molecule has 0 saturated carbocycles. The molecular formula is C12H18BrClF2N2O2S. The van der Waals surface area contributed by atoms with Crippen molar-refractivity contribution in [2.24, 2.45) is 11.1 Å².